The summed E-state index contributed by atoms with van der Waals surface area (Å²) in [5.74, 6) is 5.05. The maximum Gasteiger partial charge on any atom is 0.149 e. The molecular formula is C12H13F2N5. The van der Waals surface area contributed by atoms with Crippen molar-refractivity contribution >= 4 is 17.3 Å². The molecule has 5 nitrogen and oxygen atoms in total. The van der Waals surface area contributed by atoms with E-state index in [0.717, 1.165) is 12.1 Å². The highest BCUT2D eigenvalue weighted by molar-refractivity contribution is 5.65. The van der Waals surface area contributed by atoms with Crippen molar-refractivity contribution < 1.29 is 8.78 Å². The quantitative estimate of drug-likeness (QED) is 0.587. The van der Waals surface area contributed by atoms with Crippen molar-refractivity contribution in [2.75, 3.05) is 10.7 Å². The lowest BCUT2D eigenvalue weighted by Crippen LogP contribution is -2.13. The van der Waals surface area contributed by atoms with Crippen LogP contribution in [0.1, 0.15) is 11.4 Å². The molecule has 7 heteroatoms. The van der Waals surface area contributed by atoms with Crippen LogP contribution in [0, 0.1) is 25.5 Å². The largest absolute Gasteiger partial charge is 0.335 e. The second kappa shape index (κ2) is 5.15. The van der Waals surface area contributed by atoms with Gasteiger partial charge in [0, 0.05) is 5.56 Å². The topological polar surface area (TPSA) is 75.9 Å². The zero-order chi connectivity index (χ0) is 14.0. The minimum atomic E-state index is -0.696. The summed E-state index contributed by atoms with van der Waals surface area (Å²) in [6.07, 6.45) is 0. The molecule has 2 rings (SSSR count). The van der Waals surface area contributed by atoms with Crippen molar-refractivity contribution in [1.82, 2.24) is 9.97 Å². The molecule has 0 spiro atoms. The molecule has 100 valence electrons. The van der Waals surface area contributed by atoms with Crippen LogP contribution in [0.15, 0.2) is 18.2 Å². The van der Waals surface area contributed by atoms with Gasteiger partial charge in [-0.1, -0.05) is 6.07 Å². The van der Waals surface area contributed by atoms with E-state index in [0.29, 0.717) is 23.0 Å². The van der Waals surface area contributed by atoms with Crippen LogP contribution in [-0.4, -0.2) is 9.97 Å². The van der Waals surface area contributed by atoms with E-state index in [1.54, 1.807) is 13.8 Å². The second-order valence-electron chi connectivity index (χ2n) is 3.96. The number of aryl methyl sites for hydroxylation is 1. The fraction of sp³-hybridized carbons (Fsp3) is 0.167. The summed E-state index contributed by atoms with van der Waals surface area (Å²) in [6.45, 7) is 3.35. The lowest BCUT2D eigenvalue weighted by Gasteiger charge is -2.13. The lowest BCUT2D eigenvalue weighted by atomic mass is 10.2. The van der Waals surface area contributed by atoms with Crippen molar-refractivity contribution in [3.05, 3.63) is 41.2 Å². The van der Waals surface area contributed by atoms with E-state index >= 15 is 0 Å². The molecule has 0 aliphatic rings. The summed E-state index contributed by atoms with van der Waals surface area (Å²) in [6, 6.07) is 3.62. The van der Waals surface area contributed by atoms with Crippen LogP contribution in [0.3, 0.4) is 0 Å². The van der Waals surface area contributed by atoms with Gasteiger partial charge in [-0.15, -0.1) is 0 Å². The fourth-order valence-corrected chi connectivity index (χ4v) is 1.63. The molecule has 4 N–H and O–H groups in total. The van der Waals surface area contributed by atoms with Gasteiger partial charge in [0.25, 0.3) is 0 Å². The molecule has 0 bridgehead atoms. The Bertz CT molecular complexity index is 595. The average molecular weight is 265 g/mol. The smallest absolute Gasteiger partial charge is 0.149 e. The van der Waals surface area contributed by atoms with E-state index in [1.807, 2.05) is 0 Å². The Morgan fingerprint density at radius 2 is 1.63 bits per heavy atom. The Morgan fingerprint density at radius 1 is 1.05 bits per heavy atom. The molecule has 0 radical (unpaired) electrons. The number of hydrogen-bond acceptors (Lipinski definition) is 5. The number of para-hydroxylation sites is 1. The lowest BCUT2D eigenvalue weighted by molar-refractivity contribution is 0.590. The minimum Gasteiger partial charge on any atom is -0.335 e. The molecule has 19 heavy (non-hydrogen) atoms. The Kier molecular flexibility index (Phi) is 3.57. The first-order valence-corrected chi connectivity index (χ1v) is 5.56. The number of nitrogens with two attached hydrogens (primary N) is 1. The number of rotatable bonds is 3. The molecule has 2 aromatic rings. The van der Waals surface area contributed by atoms with Crippen molar-refractivity contribution in [2.45, 2.75) is 13.8 Å². The Morgan fingerprint density at radius 3 is 2.21 bits per heavy atom. The van der Waals surface area contributed by atoms with Crippen LogP contribution in [0.5, 0.6) is 0 Å². The van der Waals surface area contributed by atoms with Gasteiger partial charge in [-0.3, -0.25) is 0 Å². The summed E-state index contributed by atoms with van der Waals surface area (Å²) in [5, 5.41) is 2.63. The fourth-order valence-electron chi connectivity index (χ4n) is 1.63. The van der Waals surface area contributed by atoms with E-state index in [2.05, 4.69) is 20.7 Å². The predicted molar refractivity (Wildman–Crippen MR) is 69.0 cm³/mol. The van der Waals surface area contributed by atoms with Crippen LogP contribution in [0.25, 0.3) is 0 Å². The number of nitrogen functional groups attached to an aromatic ring is 1. The second-order valence-corrected chi connectivity index (χ2v) is 3.96. The van der Waals surface area contributed by atoms with E-state index < -0.39 is 11.6 Å². The van der Waals surface area contributed by atoms with Gasteiger partial charge in [-0.25, -0.2) is 24.6 Å². The predicted octanol–water partition coefficient (Wildman–Crippen LogP) is 2.40. The average Bonchev–Trinajstić information content (AvgIpc) is 2.37. The Labute approximate surface area is 108 Å². The van der Waals surface area contributed by atoms with Gasteiger partial charge in [0.05, 0.1) is 0 Å². The molecule has 0 saturated heterocycles. The SMILES string of the molecule is Cc1nc(NN)c(C)c(Nc2c(F)cccc2F)n1. The van der Waals surface area contributed by atoms with Gasteiger partial charge in [-0.05, 0) is 26.0 Å². The molecule has 0 amide bonds. The molecule has 0 unspecified atom stereocenters. The molecule has 1 aromatic heterocycles. The molecule has 0 aliphatic heterocycles. The monoisotopic (exact) mass is 265 g/mol. The third-order valence-electron chi connectivity index (χ3n) is 2.60. The van der Waals surface area contributed by atoms with Gasteiger partial charge >= 0.3 is 0 Å². The van der Waals surface area contributed by atoms with Crippen LogP contribution in [0.4, 0.5) is 26.1 Å². The van der Waals surface area contributed by atoms with Crippen LogP contribution in [0.2, 0.25) is 0 Å². The standard InChI is InChI=1S/C12H13F2N5/c1-6-11(16-7(2)17-12(6)19-15)18-10-8(13)4-3-5-9(10)14/h3-5H,15H2,1-2H3,(H2,16,17,18,19). The molecule has 1 aromatic carbocycles. The summed E-state index contributed by atoms with van der Waals surface area (Å²) in [4.78, 5) is 8.17. The molecular weight excluding hydrogens is 252 g/mol. The number of hydrazine groups is 1. The van der Waals surface area contributed by atoms with Crippen LogP contribution < -0.4 is 16.6 Å². The third-order valence-corrected chi connectivity index (χ3v) is 2.60. The van der Waals surface area contributed by atoms with Gasteiger partial charge in [0.15, 0.2) is 0 Å². The van der Waals surface area contributed by atoms with E-state index in [-0.39, 0.29) is 5.69 Å². The summed E-state index contributed by atoms with van der Waals surface area (Å²) in [5.41, 5.74) is 2.72. The van der Waals surface area contributed by atoms with E-state index in [4.69, 9.17) is 5.84 Å². The van der Waals surface area contributed by atoms with E-state index in [9.17, 15) is 8.78 Å². The van der Waals surface area contributed by atoms with Crippen molar-refractivity contribution in [1.29, 1.82) is 0 Å². The normalized spacial score (nSPS) is 10.4. The Balaban J connectivity index is 2.47. The van der Waals surface area contributed by atoms with Crippen molar-refractivity contribution in [3.63, 3.8) is 0 Å². The maximum atomic E-state index is 13.6. The van der Waals surface area contributed by atoms with Crippen molar-refractivity contribution in [2.24, 2.45) is 5.84 Å². The number of aromatic nitrogens is 2. The number of halogens is 2. The first kappa shape index (κ1) is 13.2. The highest BCUT2D eigenvalue weighted by Crippen LogP contribution is 2.26. The Hall–Kier alpha value is -2.28. The molecule has 0 atom stereocenters. The third kappa shape index (κ3) is 2.60. The number of anilines is 3. The first-order chi connectivity index (χ1) is 9.02. The number of nitrogens with zero attached hydrogens (tertiary/aromatic N) is 2. The molecule has 1 heterocycles. The number of hydrogen-bond donors (Lipinski definition) is 3. The minimum absolute atomic E-state index is 0.258. The zero-order valence-electron chi connectivity index (χ0n) is 10.5. The van der Waals surface area contributed by atoms with Gasteiger partial charge in [-0.2, -0.15) is 0 Å². The zero-order valence-corrected chi connectivity index (χ0v) is 10.5. The van der Waals surface area contributed by atoms with Gasteiger partial charge in [0.1, 0.15) is 34.8 Å². The summed E-state index contributed by atoms with van der Waals surface area (Å²) < 4.78 is 27.1. The highest BCUT2D eigenvalue weighted by atomic mass is 19.1. The van der Waals surface area contributed by atoms with Gasteiger partial charge < -0.3 is 10.7 Å². The first-order valence-electron chi connectivity index (χ1n) is 5.56. The molecule has 0 aliphatic carbocycles. The van der Waals surface area contributed by atoms with Crippen LogP contribution in [-0.2, 0) is 0 Å². The molecule has 0 fully saturated rings. The molecule has 0 saturated carbocycles. The highest BCUT2D eigenvalue weighted by Gasteiger charge is 2.13. The number of benzene rings is 1. The van der Waals surface area contributed by atoms with E-state index in [1.165, 1.54) is 6.07 Å². The van der Waals surface area contributed by atoms with Crippen molar-refractivity contribution in [3.8, 4) is 0 Å². The number of nitrogens with one attached hydrogen (secondary N) is 2. The van der Waals surface area contributed by atoms with Gasteiger partial charge in [0.2, 0.25) is 0 Å². The summed E-state index contributed by atoms with van der Waals surface area (Å²) >= 11 is 0. The maximum absolute atomic E-state index is 13.6. The summed E-state index contributed by atoms with van der Waals surface area (Å²) in [7, 11) is 0. The van der Waals surface area contributed by atoms with Crippen LogP contribution >= 0.6 is 0 Å².